The summed E-state index contributed by atoms with van der Waals surface area (Å²) < 4.78 is 0. The zero-order valence-corrected chi connectivity index (χ0v) is 10.4. The maximum Gasteiger partial charge on any atom is 0.141 e. The van der Waals surface area contributed by atoms with Gasteiger partial charge in [-0.15, -0.1) is 12.4 Å². The number of aromatic nitrogens is 1. The van der Waals surface area contributed by atoms with E-state index in [1.807, 2.05) is 24.3 Å². The van der Waals surface area contributed by atoms with Crippen molar-refractivity contribution in [1.29, 1.82) is 5.41 Å². The van der Waals surface area contributed by atoms with E-state index in [0.29, 0.717) is 10.7 Å². The van der Waals surface area contributed by atoms with Gasteiger partial charge in [0.05, 0.1) is 5.69 Å². The second-order valence-corrected chi connectivity index (χ2v) is 3.77. The van der Waals surface area contributed by atoms with Gasteiger partial charge in [-0.05, 0) is 24.3 Å². The number of halogens is 2. The number of nitrogens with zero attached hydrogens (tertiary/aromatic N) is 1. The number of nitrogens with one attached hydrogen (secondary N) is 1. The zero-order valence-electron chi connectivity index (χ0n) is 8.85. The van der Waals surface area contributed by atoms with Crippen molar-refractivity contribution in [2.24, 2.45) is 5.73 Å². The van der Waals surface area contributed by atoms with E-state index in [1.165, 1.54) is 0 Å². The van der Waals surface area contributed by atoms with E-state index in [1.54, 1.807) is 18.2 Å². The van der Waals surface area contributed by atoms with Crippen molar-refractivity contribution in [1.82, 2.24) is 4.98 Å². The van der Waals surface area contributed by atoms with Gasteiger partial charge in [0.2, 0.25) is 0 Å². The SMILES string of the molecule is Cl.N=C(N)c1cccc(-c2ccc(Cl)cc2)n1. The van der Waals surface area contributed by atoms with Crippen molar-refractivity contribution in [3.8, 4) is 11.3 Å². The second-order valence-electron chi connectivity index (χ2n) is 3.33. The monoisotopic (exact) mass is 267 g/mol. The van der Waals surface area contributed by atoms with Gasteiger partial charge in [-0.3, -0.25) is 5.41 Å². The minimum Gasteiger partial charge on any atom is -0.382 e. The van der Waals surface area contributed by atoms with E-state index < -0.39 is 0 Å². The van der Waals surface area contributed by atoms with Gasteiger partial charge in [0.25, 0.3) is 0 Å². The Hall–Kier alpha value is -1.58. The molecule has 0 atom stereocenters. The largest absolute Gasteiger partial charge is 0.382 e. The number of nitrogens with two attached hydrogens (primary N) is 1. The third-order valence-electron chi connectivity index (χ3n) is 2.17. The predicted octanol–water partition coefficient (Wildman–Crippen LogP) is 3.11. The Labute approximate surface area is 111 Å². The number of benzene rings is 1. The number of hydrogen-bond acceptors (Lipinski definition) is 2. The summed E-state index contributed by atoms with van der Waals surface area (Å²) >= 11 is 5.81. The number of nitrogen functional groups attached to an aromatic ring is 1. The van der Waals surface area contributed by atoms with E-state index in [-0.39, 0.29) is 18.2 Å². The van der Waals surface area contributed by atoms with E-state index in [2.05, 4.69) is 4.98 Å². The number of amidine groups is 1. The molecule has 2 rings (SSSR count). The highest BCUT2D eigenvalue weighted by molar-refractivity contribution is 6.30. The van der Waals surface area contributed by atoms with Crippen LogP contribution in [0.3, 0.4) is 0 Å². The summed E-state index contributed by atoms with van der Waals surface area (Å²) in [4.78, 5) is 4.28. The summed E-state index contributed by atoms with van der Waals surface area (Å²) in [5, 5.41) is 8.01. The normalized spacial score (nSPS) is 9.47. The Morgan fingerprint density at radius 2 is 1.76 bits per heavy atom. The first-order valence-corrected chi connectivity index (χ1v) is 5.12. The van der Waals surface area contributed by atoms with Crippen LogP contribution >= 0.6 is 24.0 Å². The van der Waals surface area contributed by atoms with Crippen LogP contribution in [-0.2, 0) is 0 Å². The smallest absolute Gasteiger partial charge is 0.141 e. The van der Waals surface area contributed by atoms with Crippen molar-refractivity contribution >= 4 is 29.8 Å². The molecule has 5 heteroatoms. The number of rotatable bonds is 2. The van der Waals surface area contributed by atoms with Crippen LogP contribution in [0.15, 0.2) is 42.5 Å². The fraction of sp³-hybridized carbons (Fsp3) is 0. The Balaban J connectivity index is 0.00000144. The van der Waals surface area contributed by atoms with Gasteiger partial charge in [0.1, 0.15) is 11.5 Å². The maximum absolute atomic E-state index is 7.32. The summed E-state index contributed by atoms with van der Waals surface area (Å²) in [5.41, 5.74) is 7.60. The van der Waals surface area contributed by atoms with Crippen molar-refractivity contribution in [2.45, 2.75) is 0 Å². The van der Waals surface area contributed by atoms with E-state index in [0.717, 1.165) is 11.3 Å². The van der Waals surface area contributed by atoms with Gasteiger partial charge in [-0.25, -0.2) is 4.98 Å². The number of pyridine rings is 1. The van der Waals surface area contributed by atoms with Crippen LogP contribution in [-0.4, -0.2) is 10.8 Å². The second kappa shape index (κ2) is 5.66. The van der Waals surface area contributed by atoms with Gasteiger partial charge in [-0.2, -0.15) is 0 Å². The molecule has 0 aliphatic carbocycles. The maximum atomic E-state index is 7.32. The molecule has 3 nitrogen and oxygen atoms in total. The first-order chi connectivity index (χ1) is 7.66. The van der Waals surface area contributed by atoms with E-state index >= 15 is 0 Å². The van der Waals surface area contributed by atoms with Crippen molar-refractivity contribution in [2.75, 3.05) is 0 Å². The predicted molar refractivity (Wildman–Crippen MR) is 72.9 cm³/mol. The molecular formula is C12H11Cl2N3. The molecule has 0 fully saturated rings. The van der Waals surface area contributed by atoms with Gasteiger partial charge in [0, 0.05) is 10.6 Å². The number of hydrogen-bond donors (Lipinski definition) is 2. The van der Waals surface area contributed by atoms with Crippen molar-refractivity contribution < 1.29 is 0 Å². The van der Waals surface area contributed by atoms with Gasteiger partial charge >= 0.3 is 0 Å². The minimum atomic E-state index is -0.0317. The Morgan fingerprint density at radius 1 is 1.12 bits per heavy atom. The van der Waals surface area contributed by atoms with Crippen LogP contribution in [0.2, 0.25) is 5.02 Å². The van der Waals surface area contributed by atoms with Gasteiger partial charge in [0.15, 0.2) is 0 Å². The highest BCUT2D eigenvalue weighted by atomic mass is 35.5. The molecule has 2 aromatic rings. The minimum absolute atomic E-state index is 0. The molecular weight excluding hydrogens is 257 g/mol. The van der Waals surface area contributed by atoms with E-state index in [4.69, 9.17) is 22.7 Å². The molecule has 0 amide bonds. The first-order valence-electron chi connectivity index (χ1n) is 4.74. The van der Waals surface area contributed by atoms with Crippen LogP contribution in [0.1, 0.15) is 5.69 Å². The topological polar surface area (TPSA) is 62.8 Å². The highest BCUT2D eigenvalue weighted by Crippen LogP contribution is 2.19. The van der Waals surface area contributed by atoms with Crippen LogP contribution in [0, 0.1) is 5.41 Å². The Kier molecular flexibility index (Phi) is 4.49. The molecule has 17 heavy (non-hydrogen) atoms. The molecule has 1 heterocycles. The summed E-state index contributed by atoms with van der Waals surface area (Å²) in [6, 6.07) is 12.8. The molecule has 3 N–H and O–H groups in total. The standard InChI is InChI=1S/C12H10ClN3.ClH/c13-9-6-4-8(5-7-9)10-2-1-3-11(16-10)12(14)15;/h1-7H,(H3,14,15);1H. The highest BCUT2D eigenvalue weighted by Gasteiger charge is 2.02. The lowest BCUT2D eigenvalue weighted by Crippen LogP contribution is -2.13. The fourth-order valence-electron chi connectivity index (χ4n) is 1.37. The quantitative estimate of drug-likeness (QED) is 0.649. The summed E-state index contributed by atoms with van der Waals surface area (Å²) in [7, 11) is 0. The fourth-order valence-corrected chi connectivity index (χ4v) is 1.49. The molecule has 1 aromatic heterocycles. The van der Waals surface area contributed by atoms with Crippen molar-refractivity contribution in [3.63, 3.8) is 0 Å². The van der Waals surface area contributed by atoms with Crippen molar-refractivity contribution in [3.05, 3.63) is 53.2 Å². The lowest BCUT2D eigenvalue weighted by Gasteiger charge is -2.03. The first kappa shape index (κ1) is 13.5. The molecule has 88 valence electrons. The van der Waals surface area contributed by atoms with Gasteiger partial charge in [-0.1, -0.05) is 29.8 Å². The molecule has 0 unspecified atom stereocenters. The summed E-state index contributed by atoms with van der Waals surface area (Å²) in [5.74, 6) is -0.0317. The molecule has 0 radical (unpaired) electrons. The Bertz CT molecular complexity index is 524. The third kappa shape index (κ3) is 3.19. The molecule has 0 aliphatic rings. The Morgan fingerprint density at radius 3 is 2.35 bits per heavy atom. The average molecular weight is 268 g/mol. The van der Waals surface area contributed by atoms with Gasteiger partial charge < -0.3 is 5.73 Å². The molecule has 0 saturated heterocycles. The lowest BCUT2D eigenvalue weighted by molar-refractivity contribution is 1.26. The molecule has 1 aromatic carbocycles. The molecule has 0 aliphatic heterocycles. The van der Waals surface area contributed by atoms with Crippen LogP contribution in [0.5, 0.6) is 0 Å². The zero-order chi connectivity index (χ0) is 11.5. The molecule has 0 bridgehead atoms. The molecule has 0 spiro atoms. The van der Waals surface area contributed by atoms with E-state index in [9.17, 15) is 0 Å². The van der Waals surface area contributed by atoms with Crippen LogP contribution in [0.25, 0.3) is 11.3 Å². The summed E-state index contributed by atoms with van der Waals surface area (Å²) in [6.45, 7) is 0. The molecule has 0 saturated carbocycles. The summed E-state index contributed by atoms with van der Waals surface area (Å²) in [6.07, 6.45) is 0. The third-order valence-corrected chi connectivity index (χ3v) is 2.42. The lowest BCUT2D eigenvalue weighted by atomic mass is 10.1. The average Bonchev–Trinajstić information content (AvgIpc) is 2.30. The van der Waals surface area contributed by atoms with Crippen LogP contribution in [0.4, 0.5) is 0 Å². The van der Waals surface area contributed by atoms with Crippen LogP contribution < -0.4 is 5.73 Å².